The number of rotatable bonds is 4. The highest BCUT2D eigenvalue weighted by Gasteiger charge is 2.21. The molecule has 0 aliphatic heterocycles. The van der Waals surface area contributed by atoms with Crippen LogP contribution in [0.1, 0.15) is 22.8 Å². The van der Waals surface area contributed by atoms with Gasteiger partial charge in [-0.3, -0.25) is 0 Å². The standard InChI is InChI=1S/C15H11Cl2FN2O4S/c1-8(9-2-4-10(18)5-3-9)20-24-15(21)11-6-14(25(19,22)23)13(17)7-12(11)16/h2-7H,1H3,(H2,19,22,23)/b20-8+. The Bertz CT molecular complexity index is 960. The molecule has 0 bridgehead atoms. The molecule has 2 rings (SSSR count). The smallest absolute Gasteiger partial charge is 0.312 e. The topological polar surface area (TPSA) is 98.8 Å². The van der Waals surface area contributed by atoms with E-state index >= 15 is 0 Å². The normalized spacial score (nSPS) is 12.1. The minimum absolute atomic E-state index is 0.128. The summed E-state index contributed by atoms with van der Waals surface area (Å²) in [7, 11) is -4.15. The van der Waals surface area contributed by atoms with Gasteiger partial charge in [-0.25, -0.2) is 22.7 Å². The lowest BCUT2D eigenvalue weighted by molar-refractivity contribution is 0.0516. The summed E-state index contributed by atoms with van der Waals surface area (Å²) < 4.78 is 35.8. The summed E-state index contributed by atoms with van der Waals surface area (Å²) in [5, 5.41) is 8.30. The molecule has 0 saturated heterocycles. The number of carbonyl (C=O) groups excluding carboxylic acids is 1. The molecule has 0 radical (unpaired) electrons. The van der Waals surface area contributed by atoms with E-state index in [1.165, 1.54) is 24.3 Å². The van der Waals surface area contributed by atoms with Crippen molar-refractivity contribution in [2.75, 3.05) is 0 Å². The van der Waals surface area contributed by atoms with Gasteiger partial charge in [-0.05, 0) is 36.8 Å². The monoisotopic (exact) mass is 404 g/mol. The molecule has 0 saturated carbocycles. The van der Waals surface area contributed by atoms with Crippen LogP contribution in [0.4, 0.5) is 4.39 Å². The van der Waals surface area contributed by atoms with Gasteiger partial charge in [-0.1, -0.05) is 40.5 Å². The van der Waals surface area contributed by atoms with Crippen LogP contribution >= 0.6 is 23.2 Å². The van der Waals surface area contributed by atoms with E-state index in [0.717, 1.165) is 12.1 Å². The Balaban J connectivity index is 2.29. The zero-order valence-corrected chi connectivity index (χ0v) is 15.0. The van der Waals surface area contributed by atoms with Crippen molar-refractivity contribution in [1.29, 1.82) is 0 Å². The predicted octanol–water partition coefficient (Wildman–Crippen LogP) is 3.36. The van der Waals surface area contributed by atoms with E-state index in [1.54, 1.807) is 6.92 Å². The molecule has 0 amide bonds. The SMILES string of the molecule is C/C(=N\OC(=O)c1cc(S(N)(=O)=O)c(Cl)cc1Cl)c1ccc(F)cc1. The average molecular weight is 405 g/mol. The van der Waals surface area contributed by atoms with Crippen molar-refractivity contribution in [3.05, 3.63) is 63.4 Å². The van der Waals surface area contributed by atoms with Gasteiger partial charge in [-0.2, -0.15) is 0 Å². The highest BCUT2D eigenvalue weighted by molar-refractivity contribution is 7.89. The lowest BCUT2D eigenvalue weighted by Gasteiger charge is -2.07. The maximum Gasteiger partial charge on any atom is 0.367 e. The van der Waals surface area contributed by atoms with E-state index in [-0.39, 0.29) is 15.6 Å². The number of nitrogens with zero attached hydrogens (tertiary/aromatic N) is 1. The second-order valence-corrected chi connectivity index (χ2v) is 7.21. The van der Waals surface area contributed by atoms with Crippen molar-refractivity contribution in [3.8, 4) is 0 Å². The van der Waals surface area contributed by atoms with Gasteiger partial charge in [0.15, 0.2) is 0 Å². The fraction of sp³-hybridized carbons (Fsp3) is 0.0667. The fourth-order valence-electron chi connectivity index (χ4n) is 1.81. The third kappa shape index (κ3) is 4.76. The number of hydrogen-bond acceptors (Lipinski definition) is 5. The number of primary sulfonamides is 1. The van der Waals surface area contributed by atoms with E-state index in [2.05, 4.69) is 5.16 Å². The summed E-state index contributed by atoms with van der Waals surface area (Å²) in [6, 6.07) is 7.34. The van der Waals surface area contributed by atoms with Crippen LogP contribution in [-0.4, -0.2) is 20.1 Å². The highest BCUT2D eigenvalue weighted by atomic mass is 35.5. The average Bonchev–Trinajstić information content (AvgIpc) is 2.51. The van der Waals surface area contributed by atoms with Crippen LogP contribution in [0.3, 0.4) is 0 Å². The van der Waals surface area contributed by atoms with Crippen molar-refractivity contribution in [2.24, 2.45) is 10.3 Å². The molecule has 2 aromatic carbocycles. The lowest BCUT2D eigenvalue weighted by atomic mass is 10.1. The molecular formula is C15H11Cl2FN2O4S. The van der Waals surface area contributed by atoms with E-state index in [1.807, 2.05) is 0 Å². The Morgan fingerprint density at radius 2 is 1.76 bits per heavy atom. The van der Waals surface area contributed by atoms with Gasteiger partial charge in [0, 0.05) is 0 Å². The third-order valence-electron chi connectivity index (χ3n) is 3.08. The maximum atomic E-state index is 12.9. The molecule has 2 N–H and O–H groups in total. The first-order valence-electron chi connectivity index (χ1n) is 6.63. The second kappa shape index (κ2) is 7.49. The molecule has 132 valence electrons. The number of benzene rings is 2. The minimum atomic E-state index is -4.15. The van der Waals surface area contributed by atoms with Crippen LogP contribution < -0.4 is 5.14 Å². The second-order valence-electron chi connectivity index (χ2n) is 4.87. The molecule has 2 aromatic rings. The lowest BCUT2D eigenvalue weighted by Crippen LogP contribution is -2.14. The molecule has 0 aliphatic rings. The van der Waals surface area contributed by atoms with Crippen molar-refractivity contribution in [3.63, 3.8) is 0 Å². The van der Waals surface area contributed by atoms with Gasteiger partial charge < -0.3 is 4.84 Å². The maximum absolute atomic E-state index is 12.9. The van der Waals surface area contributed by atoms with E-state index in [9.17, 15) is 17.6 Å². The van der Waals surface area contributed by atoms with Crippen LogP contribution in [0.5, 0.6) is 0 Å². The molecule has 0 fully saturated rings. The number of carbonyl (C=O) groups is 1. The molecule has 0 unspecified atom stereocenters. The first kappa shape index (κ1) is 19.3. The number of hydrogen-bond donors (Lipinski definition) is 1. The van der Waals surface area contributed by atoms with Crippen LogP contribution in [0.25, 0.3) is 0 Å². The quantitative estimate of drug-likeness (QED) is 0.479. The first-order valence-corrected chi connectivity index (χ1v) is 8.93. The van der Waals surface area contributed by atoms with Gasteiger partial charge in [0.25, 0.3) is 0 Å². The Morgan fingerprint density at radius 3 is 2.32 bits per heavy atom. The van der Waals surface area contributed by atoms with E-state index in [4.69, 9.17) is 33.2 Å². The third-order valence-corrected chi connectivity index (χ3v) is 4.76. The number of halogens is 3. The number of oxime groups is 1. The molecule has 0 heterocycles. The Morgan fingerprint density at radius 1 is 1.16 bits per heavy atom. The molecule has 10 heteroatoms. The van der Waals surface area contributed by atoms with E-state index < -0.39 is 26.7 Å². The Hall–Kier alpha value is -2.00. The minimum Gasteiger partial charge on any atom is -0.312 e. The largest absolute Gasteiger partial charge is 0.367 e. The summed E-state index contributed by atoms with van der Waals surface area (Å²) in [6.07, 6.45) is 0. The molecule has 0 aromatic heterocycles. The molecule has 25 heavy (non-hydrogen) atoms. The molecular weight excluding hydrogens is 394 g/mol. The van der Waals surface area contributed by atoms with Crippen LogP contribution in [-0.2, 0) is 14.9 Å². The summed E-state index contributed by atoms with van der Waals surface area (Å²) in [4.78, 5) is 16.4. The summed E-state index contributed by atoms with van der Waals surface area (Å²) >= 11 is 11.6. The van der Waals surface area contributed by atoms with Crippen LogP contribution in [0.15, 0.2) is 46.4 Å². The van der Waals surface area contributed by atoms with Gasteiger partial charge >= 0.3 is 5.97 Å². The zero-order valence-electron chi connectivity index (χ0n) is 12.7. The molecule has 6 nitrogen and oxygen atoms in total. The van der Waals surface area contributed by atoms with Crippen molar-refractivity contribution in [2.45, 2.75) is 11.8 Å². The van der Waals surface area contributed by atoms with Gasteiger partial charge in [0.1, 0.15) is 10.7 Å². The van der Waals surface area contributed by atoms with Crippen molar-refractivity contribution < 1.29 is 22.4 Å². The van der Waals surface area contributed by atoms with Gasteiger partial charge in [-0.15, -0.1) is 0 Å². The van der Waals surface area contributed by atoms with Crippen LogP contribution in [0, 0.1) is 5.82 Å². The molecule has 0 atom stereocenters. The van der Waals surface area contributed by atoms with Crippen LogP contribution in [0.2, 0.25) is 10.0 Å². The van der Waals surface area contributed by atoms with Gasteiger partial charge in [0.05, 0.1) is 21.3 Å². The van der Waals surface area contributed by atoms with Crippen molar-refractivity contribution in [1.82, 2.24) is 0 Å². The zero-order chi connectivity index (χ0) is 18.8. The van der Waals surface area contributed by atoms with E-state index in [0.29, 0.717) is 11.3 Å². The summed E-state index contributed by atoms with van der Waals surface area (Å²) in [5.74, 6) is -1.43. The van der Waals surface area contributed by atoms with Crippen molar-refractivity contribution >= 4 is 44.9 Å². The van der Waals surface area contributed by atoms with Gasteiger partial charge in [0.2, 0.25) is 10.0 Å². The number of sulfonamides is 1. The molecule has 0 spiro atoms. The number of nitrogens with two attached hydrogens (primary N) is 1. The molecule has 0 aliphatic carbocycles. The first-order chi connectivity index (χ1) is 11.6. The Labute approximate surface area is 153 Å². The predicted molar refractivity (Wildman–Crippen MR) is 91.9 cm³/mol. The highest BCUT2D eigenvalue weighted by Crippen LogP contribution is 2.28. The summed E-state index contributed by atoms with van der Waals surface area (Å²) in [6.45, 7) is 1.54. The summed E-state index contributed by atoms with van der Waals surface area (Å²) in [5.41, 5.74) is 0.553. The fourth-order valence-corrected chi connectivity index (χ4v) is 3.20. The Kier molecular flexibility index (Phi) is 5.79.